The van der Waals surface area contributed by atoms with E-state index >= 15 is 0 Å². The Bertz CT molecular complexity index is 1270. The summed E-state index contributed by atoms with van der Waals surface area (Å²) in [6, 6.07) is 12.6. The lowest BCUT2D eigenvalue weighted by atomic mass is 10.00. The zero-order valence-corrected chi connectivity index (χ0v) is 19.9. The number of imide groups is 2. The number of fused-ring (bicyclic) bond motifs is 2. The van der Waals surface area contributed by atoms with Crippen LogP contribution in [0, 0.1) is 0 Å². The largest absolute Gasteiger partial charge is 0.409 e. The molecule has 0 aliphatic carbocycles. The third-order valence-electron chi connectivity index (χ3n) is 7.33. The minimum Gasteiger partial charge on any atom is -0.409 e. The minimum absolute atomic E-state index is 0.00942. The van der Waals surface area contributed by atoms with Crippen LogP contribution in [0.1, 0.15) is 80.0 Å². The number of carbonyl (C=O) groups is 5. The van der Waals surface area contributed by atoms with Crippen LogP contribution in [0.2, 0.25) is 0 Å². The van der Waals surface area contributed by atoms with Gasteiger partial charge in [0.05, 0.1) is 35.5 Å². The predicted octanol–water partition coefficient (Wildman–Crippen LogP) is 2.87. The maximum atomic E-state index is 14.0. The number of ether oxygens (including phenoxy) is 3. The summed E-state index contributed by atoms with van der Waals surface area (Å²) in [4.78, 5) is 69.1. The zero-order chi connectivity index (χ0) is 25.8. The molecule has 0 bridgehead atoms. The number of amides is 4. The Balaban J connectivity index is 1.39. The van der Waals surface area contributed by atoms with Crippen molar-refractivity contribution >= 4 is 29.6 Å². The average molecular weight is 504 g/mol. The third-order valence-corrected chi connectivity index (χ3v) is 7.33. The summed E-state index contributed by atoms with van der Waals surface area (Å²) in [5, 5.41) is 0. The van der Waals surface area contributed by atoms with Gasteiger partial charge in [-0.05, 0) is 49.9 Å². The van der Waals surface area contributed by atoms with Crippen LogP contribution in [0.25, 0.3) is 0 Å². The minimum atomic E-state index is -2.06. The summed E-state index contributed by atoms with van der Waals surface area (Å²) in [7, 11) is 0. The summed E-state index contributed by atoms with van der Waals surface area (Å²) in [5.41, 5.74) is -1.37. The van der Waals surface area contributed by atoms with Crippen molar-refractivity contribution in [3.63, 3.8) is 0 Å². The highest BCUT2D eigenvalue weighted by molar-refractivity contribution is 6.23. The Morgan fingerprint density at radius 3 is 1.54 bits per heavy atom. The summed E-state index contributed by atoms with van der Waals surface area (Å²) in [5.74, 6) is -5.71. The monoisotopic (exact) mass is 504 g/mol. The number of esters is 1. The molecule has 2 aromatic carbocycles. The second-order valence-corrected chi connectivity index (χ2v) is 9.48. The van der Waals surface area contributed by atoms with Crippen LogP contribution in [0.4, 0.5) is 0 Å². The molecule has 0 aromatic heterocycles. The fourth-order valence-electron chi connectivity index (χ4n) is 5.51. The summed E-state index contributed by atoms with van der Waals surface area (Å²) in [6.45, 7) is 0.255. The molecule has 10 nitrogen and oxygen atoms in total. The maximum absolute atomic E-state index is 14.0. The predicted molar refractivity (Wildman–Crippen MR) is 125 cm³/mol. The van der Waals surface area contributed by atoms with Crippen LogP contribution >= 0.6 is 0 Å². The van der Waals surface area contributed by atoms with Gasteiger partial charge in [-0.3, -0.25) is 19.2 Å². The third kappa shape index (κ3) is 3.36. The molecule has 2 fully saturated rings. The topological polar surface area (TPSA) is 120 Å². The van der Waals surface area contributed by atoms with E-state index in [0.717, 1.165) is 9.80 Å². The smallest absolute Gasteiger partial charge is 0.364 e. The van der Waals surface area contributed by atoms with Gasteiger partial charge in [0.25, 0.3) is 23.6 Å². The van der Waals surface area contributed by atoms with E-state index in [1.807, 2.05) is 0 Å². The SMILES string of the molecule is O=C1c2ccccc2C(=O)N1C1(OC(=O)C2(N3C(=O)c4ccccc4C3=O)CCCCO2)CCCCO1. The summed E-state index contributed by atoms with van der Waals surface area (Å²) < 4.78 is 17.8. The first-order valence-corrected chi connectivity index (χ1v) is 12.4. The van der Waals surface area contributed by atoms with Crippen molar-refractivity contribution in [1.82, 2.24) is 9.80 Å². The molecule has 0 N–H and O–H groups in total. The van der Waals surface area contributed by atoms with Crippen molar-refractivity contribution in [3.8, 4) is 0 Å². The van der Waals surface area contributed by atoms with Gasteiger partial charge in [-0.2, -0.15) is 0 Å². The van der Waals surface area contributed by atoms with Gasteiger partial charge in [-0.1, -0.05) is 24.3 Å². The van der Waals surface area contributed by atoms with Crippen LogP contribution < -0.4 is 0 Å². The van der Waals surface area contributed by atoms with Crippen molar-refractivity contribution < 1.29 is 38.2 Å². The summed E-state index contributed by atoms with van der Waals surface area (Å²) >= 11 is 0. The molecule has 4 aliphatic heterocycles. The lowest BCUT2D eigenvalue weighted by Crippen LogP contribution is -2.65. The molecule has 4 aliphatic rings. The molecule has 2 aromatic rings. The van der Waals surface area contributed by atoms with Crippen LogP contribution in [-0.4, -0.2) is 64.2 Å². The van der Waals surface area contributed by atoms with Gasteiger partial charge >= 0.3 is 11.9 Å². The van der Waals surface area contributed by atoms with Crippen molar-refractivity contribution in [1.29, 1.82) is 0 Å². The summed E-state index contributed by atoms with van der Waals surface area (Å²) in [6.07, 6.45) is 2.32. The highest BCUT2D eigenvalue weighted by Gasteiger charge is 2.61. The molecular weight excluding hydrogens is 480 g/mol. The highest BCUT2D eigenvalue weighted by atomic mass is 16.8. The van der Waals surface area contributed by atoms with Crippen LogP contribution in [0.3, 0.4) is 0 Å². The van der Waals surface area contributed by atoms with Gasteiger partial charge in [-0.15, -0.1) is 0 Å². The van der Waals surface area contributed by atoms with Crippen molar-refractivity contribution in [2.45, 2.75) is 50.2 Å². The van der Waals surface area contributed by atoms with E-state index in [-0.39, 0.29) is 48.3 Å². The van der Waals surface area contributed by atoms with E-state index in [0.29, 0.717) is 25.7 Å². The number of benzene rings is 2. The lowest BCUT2D eigenvalue weighted by molar-refractivity contribution is -0.304. The second-order valence-electron chi connectivity index (χ2n) is 9.48. The van der Waals surface area contributed by atoms with E-state index in [2.05, 4.69) is 0 Å². The first-order valence-electron chi connectivity index (χ1n) is 12.4. The molecule has 4 heterocycles. The van der Waals surface area contributed by atoms with Gasteiger partial charge in [0.2, 0.25) is 5.72 Å². The molecular formula is C27H24N2O8. The fraction of sp³-hybridized carbons (Fsp3) is 0.370. The Morgan fingerprint density at radius 2 is 1.11 bits per heavy atom. The molecule has 2 saturated heterocycles. The van der Waals surface area contributed by atoms with E-state index in [1.165, 1.54) is 24.3 Å². The number of hydrogen-bond donors (Lipinski definition) is 0. The molecule has 0 spiro atoms. The van der Waals surface area contributed by atoms with E-state index < -0.39 is 41.2 Å². The fourth-order valence-corrected chi connectivity index (χ4v) is 5.51. The van der Waals surface area contributed by atoms with Gasteiger partial charge in [-0.25, -0.2) is 14.6 Å². The Hall–Kier alpha value is -3.89. The van der Waals surface area contributed by atoms with Crippen molar-refractivity contribution in [2.75, 3.05) is 13.2 Å². The number of carbonyl (C=O) groups excluding carboxylic acids is 5. The molecule has 0 radical (unpaired) electrons. The molecule has 190 valence electrons. The second kappa shape index (κ2) is 8.60. The molecule has 2 unspecified atom stereocenters. The normalized spacial score (nSPS) is 27.4. The Labute approximate surface area is 212 Å². The molecule has 0 saturated carbocycles. The van der Waals surface area contributed by atoms with Gasteiger partial charge < -0.3 is 14.2 Å². The van der Waals surface area contributed by atoms with Gasteiger partial charge in [0, 0.05) is 12.8 Å². The standard InChI is InChI=1S/C27H24N2O8/c30-21-17-9-1-2-10-18(17)22(31)28(21)26(13-5-7-15-35-26)25(34)37-27(14-6-8-16-36-27)29-23(32)19-11-3-4-12-20(19)24(29)33/h1-4,9-12H,5-8,13-16H2. The molecule has 37 heavy (non-hydrogen) atoms. The van der Waals surface area contributed by atoms with E-state index in [1.54, 1.807) is 24.3 Å². The highest BCUT2D eigenvalue weighted by Crippen LogP contribution is 2.42. The van der Waals surface area contributed by atoms with E-state index in [4.69, 9.17) is 14.2 Å². The number of rotatable bonds is 4. The first kappa shape index (κ1) is 23.5. The van der Waals surface area contributed by atoms with Crippen LogP contribution in [0.15, 0.2) is 48.5 Å². The number of hydrogen-bond acceptors (Lipinski definition) is 8. The van der Waals surface area contributed by atoms with Gasteiger partial charge in [0.1, 0.15) is 0 Å². The zero-order valence-electron chi connectivity index (χ0n) is 19.9. The quantitative estimate of drug-likeness (QED) is 0.461. The molecule has 6 rings (SSSR count). The average Bonchev–Trinajstić information content (AvgIpc) is 3.34. The Morgan fingerprint density at radius 1 is 0.649 bits per heavy atom. The maximum Gasteiger partial charge on any atom is 0.364 e. The molecule has 4 amide bonds. The van der Waals surface area contributed by atoms with Gasteiger partial charge in [0.15, 0.2) is 0 Å². The lowest BCUT2D eigenvalue weighted by Gasteiger charge is -2.45. The van der Waals surface area contributed by atoms with E-state index in [9.17, 15) is 24.0 Å². The van der Waals surface area contributed by atoms with Crippen LogP contribution in [-0.2, 0) is 19.0 Å². The first-order chi connectivity index (χ1) is 17.9. The molecule has 2 atom stereocenters. The Kier molecular flexibility index (Phi) is 5.46. The van der Waals surface area contributed by atoms with Crippen molar-refractivity contribution in [2.24, 2.45) is 0 Å². The number of nitrogens with zero attached hydrogens (tertiary/aromatic N) is 2. The van der Waals surface area contributed by atoms with Crippen LogP contribution in [0.5, 0.6) is 0 Å². The molecule has 10 heteroatoms. The van der Waals surface area contributed by atoms with Crippen molar-refractivity contribution in [3.05, 3.63) is 70.8 Å².